The maximum absolute atomic E-state index is 12.2. The number of nitrogens with one attached hydrogen (secondary N) is 1. The zero-order valence-corrected chi connectivity index (χ0v) is 12.3. The van der Waals surface area contributed by atoms with Crippen molar-refractivity contribution >= 4 is 10.0 Å². The van der Waals surface area contributed by atoms with E-state index in [4.69, 9.17) is 5.73 Å². The summed E-state index contributed by atoms with van der Waals surface area (Å²) < 4.78 is 27.2. The van der Waals surface area contributed by atoms with Gasteiger partial charge in [0.2, 0.25) is 10.0 Å². The summed E-state index contributed by atoms with van der Waals surface area (Å²) in [7, 11) is -3.45. The summed E-state index contributed by atoms with van der Waals surface area (Å²) in [5, 5.41) is 0. The van der Waals surface area contributed by atoms with Crippen molar-refractivity contribution in [3.8, 4) is 0 Å². The predicted octanol–water partition coefficient (Wildman–Crippen LogP) is 1.97. The van der Waals surface area contributed by atoms with E-state index in [0.29, 0.717) is 10.8 Å². The van der Waals surface area contributed by atoms with Crippen molar-refractivity contribution in [2.75, 3.05) is 0 Å². The molecule has 2 rings (SSSR count). The van der Waals surface area contributed by atoms with Gasteiger partial charge in [0.05, 0.1) is 4.90 Å². The van der Waals surface area contributed by atoms with E-state index in [2.05, 4.69) is 18.6 Å². The predicted molar refractivity (Wildman–Crippen MR) is 76.5 cm³/mol. The first-order chi connectivity index (χ1) is 8.90. The lowest BCUT2D eigenvalue weighted by atomic mass is 10.0. The quantitative estimate of drug-likeness (QED) is 0.887. The molecule has 0 heterocycles. The van der Waals surface area contributed by atoms with E-state index >= 15 is 0 Å². The second kappa shape index (κ2) is 5.61. The number of sulfonamides is 1. The first-order valence-electron chi connectivity index (χ1n) is 6.78. The normalized spacial score (nSPS) is 24.0. The lowest BCUT2D eigenvalue weighted by molar-refractivity contribution is 0.522. The molecule has 1 aromatic carbocycles. The molecular formula is C14H22N2O2S. The van der Waals surface area contributed by atoms with Crippen LogP contribution >= 0.6 is 0 Å². The van der Waals surface area contributed by atoms with Crippen molar-refractivity contribution in [1.29, 1.82) is 0 Å². The smallest absolute Gasteiger partial charge is 0.240 e. The van der Waals surface area contributed by atoms with Crippen LogP contribution in [0.25, 0.3) is 0 Å². The molecule has 1 aliphatic rings. The minimum Gasteiger partial charge on any atom is -0.326 e. The Bertz CT molecular complexity index is 523. The van der Waals surface area contributed by atoms with Gasteiger partial charge in [-0.25, -0.2) is 13.1 Å². The molecule has 1 aromatic rings. The summed E-state index contributed by atoms with van der Waals surface area (Å²) in [6, 6.07) is 6.87. The summed E-state index contributed by atoms with van der Waals surface area (Å²) in [4.78, 5) is 0.316. The largest absolute Gasteiger partial charge is 0.326 e. The number of nitrogens with two attached hydrogens (primary N) is 1. The van der Waals surface area contributed by atoms with Crippen molar-refractivity contribution in [2.24, 2.45) is 5.73 Å². The Kier molecular flexibility index (Phi) is 4.28. The Morgan fingerprint density at radius 2 is 1.84 bits per heavy atom. The van der Waals surface area contributed by atoms with E-state index < -0.39 is 10.0 Å². The average molecular weight is 282 g/mol. The van der Waals surface area contributed by atoms with E-state index in [9.17, 15) is 8.42 Å². The average Bonchev–Trinajstić information content (AvgIpc) is 2.74. The highest BCUT2D eigenvalue weighted by Crippen LogP contribution is 2.21. The van der Waals surface area contributed by atoms with Crippen molar-refractivity contribution in [2.45, 2.75) is 56.0 Å². The molecule has 4 nitrogen and oxygen atoms in total. The third-order valence-electron chi connectivity index (χ3n) is 3.73. The fraction of sp³-hybridized carbons (Fsp3) is 0.571. The van der Waals surface area contributed by atoms with E-state index in [0.717, 1.165) is 24.8 Å². The molecule has 1 fully saturated rings. The summed E-state index contributed by atoms with van der Waals surface area (Å²) >= 11 is 0. The standard InChI is InChI=1S/C14H22N2O2S/c1-10(2)11-6-8-12(9-7-11)19(17,18)16-14-5-3-4-13(14)15/h6-10,13-14,16H,3-5,15H2,1-2H3. The summed E-state index contributed by atoms with van der Waals surface area (Å²) in [5.74, 6) is 0.396. The zero-order valence-electron chi connectivity index (χ0n) is 11.5. The van der Waals surface area contributed by atoms with Gasteiger partial charge >= 0.3 is 0 Å². The van der Waals surface area contributed by atoms with Crippen LogP contribution in [0.1, 0.15) is 44.6 Å². The maximum Gasteiger partial charge on any atom is 0.240 e. The first-order valence-corrected chi connectivity index (χ1v) is 8.26. The van der Waals surface area contributed by atoms with Crippen LogP contribution in [0.4, 0.5) is 0 Å². The van der Waals surface area contributed by atoms with E-state index in [-0.39, 0.29) is 12.1 Å². The molecular weight excluding hydrogens is 260 g/mol. The highest BCUT2D eigenvalue weighted by Gasteiger charge is 2.28. The minimum atomic E-state index is -3.45. The lowest BCUT2D eigenvalue weighted by Crippen LogP contribution is -2.43. The molecule has 0 aliphatic heterocycles. The molecule has 0 radical (unpaired) electrons. The van der Waals surface area contributed by atoms with Crippen molar-refractivity contribution in [3.05, 3.63) is 29.8 Å². The monoisotopic (exact) mass is 282 g/mol. The summed E-state index contributed by atoms with van der Waals surface area (Å²) in [6.07, 6.45) is 2.70. The Balaban J connectivity index is 2.15. The van der Waals surface area contributed by atoms with Gasteiger partial charge in [-0.15, -0.1) is 0 Å². The van der Waals surface area contributed by atoms with Crippen LogP contribution in [-0.2, 0) is 10.0 Å². The fourth-order valence-corrected chi connectivity index (χ4v) is 3.76. The van der Waals surface area contributed by atoms with Gasteiger partial charge < -0.3 is 5.73 Å². The lowest BCUT2D eigenvalue weighted by Gasteiger charge is -2.17. The number of rotatable bonds is 4. The highest BCUT2D eigenvalue weighted by atomic mass is 32.2. The van der Waals surface area contributed by atoms with Gasteiger partial charge in [0.15, 0.2) is 0 Å². The molecule has 0 aromatic heterocycles. The SMILES string of the molecule is CC(C)c1ccc(S(=O)(=O)NC2CCCC2N)cc1. The van der Waals surface area contributed by atoms with Crippen LogP contribution < -0.4 is 10.5 Å². The highest BCUT2D eigenvalue weighted by molar-refractivity contribution is 7.89. The van der Waals surface area contributed by atoms with Gasteiger partial charge in [-0.3, -0.25) is 0 Å². The molecule has 2 unspecified atom stereocenters. The second-order valence-corrected chi connectivity index (χ2v) is 7.26. The third-order valence-corrected chi connectivity index (χ3v) is 5.24. The molecule has 1 aliphatic carbocycles. The molecule has 0 amide bonds. The van der Waals surface area contributed by atoms with Crippen LogP contribution in [0.3, 0.4) is 0 Å². The summed E-state index contributed by atoms with van der Waals surface area (Å²) in [5.41, 5.74) is 7.04. The maximum atomic E-state index is 12.2. The Labute approximate surface area is 115 Å². The Morgan fingerprint density at radius 1 is 1.21 bits per heavy atom. The van der Waals surface area contributed by atoms with Gasteiger partial charge in [-0.1, -0.05) is 32.4 Å². The fourth-order valence-electron chi connectivity index (χ4n) is 2.43. The van der Waals surface area contributed by atoms with Crippen molar-refractivity contribution < 1.29 is 8.42 Å². The molecule has 0 bridgehead atoms. The molecule has 19 heavy (non-hydrogen) atoms. The second-order valence-electron chi connectivity index (χ2n) is 5.55. The molecule has 106 valence electrons. The van der Waals surface area contributed by atoms with Gasteiger partial charge in [-0.05, 0) is 36.5 Å². The van der Waals surface area contributed by atoms with E-state index in [1.807, 2.05) is 12.1 Å². The van der Waals surface area contributed by atoms with Gasteiger partial charge in [0.25, 0.3) is 0 Å². The molecule has 3 N–H and O–H groups in total. The van der Waals surface area contributed by atoms with Crippen LogP contribution in [0.5, 0.6) is 0 Å². The first kappa shape index (κ1) is 14.5. The number of hydrogen-bond acceptors (Lipinski definition) is 3. The van der Waals surface area contributed by atoms with Gasteiger partial charge in [-0.2, -0.15) is 0 Å². The van der Waals surface area contributed by atoms with Crippen LogP contribution in [0.15, 0.2) is 29.2 Å². The Hall–Kier alpha value is -0.910. The van der Waals surface area contributed by atoms with Crippen LogP contribution in [-0.4, -0.2) is 20.5 Å². The van der Waals surface area contributed by atoms with Crippen LogP contribution in [0.2, 0.25) is 0 Å². The van der Waals surface area contributed by atoms with Crippen molar-refractivity contribution in [3.63, 3.8) is 0 Å². The number of benzene rings is 1. The zero-order chi connectivity index (χ0) is 14.0. The molecule has 0 saturated heterocycles. The van der Waals surface area contributed by atoms with E-state index in [1.165, 1.54) is 0 Å². The third kappa shape index (κ3) is 3.35. The topological polar surface area (TPSA) is 72.2 Å². The van der Waals surface area contributed by atoms with Gasteiger partial charge in [0.1, 0.15) is 0 Å². The minimum absolute atomic E-state index is 0.0651. The molecule has 5 heteroatoms. The van der Waals surface area contributed by atoms with E-state index in [1.54, 1.807) is 12.1 Å². The molecule has 0 spiro atoms. The van der Waals surface area contributed by atoms with Gasteiger partial charge in [0, 0.05) is 12.1 Å². The summed E-state index contributed by atoms with van der Waals surface area (Å²) in [6.45, 7) is 4.17. The molecule has 1 saturated carbocycles. The van der Waals surface area contributed by atoms with Crippen LogP contribution in [0, 0.1) is 0 Å². The van der Waals surface area contributed by atoms with Crippen molar-refractivity contribution in [1.82, 2.24) is 4.72 Å². The Morgan fingerprint density at radius 3 is 2.32 bits per heavy atom. The molecule has 2 atom stereocenters. The number of hydrogen-bond donors (Lipinski definition) is 2.